The first-order valence-electron chi connectivity index (χ1n) is 7.87. The van der Waals surface area contributed by atoms with E-state index in [0.717, 1.165) is 11.1 Å². The lowest BCUT2D eigenvalue weighted by Crippen LogP contribution is -2.24. The molecule has 0 N–H and O–H groups in total. The summed E-state index contributed by atoms with van der Waals surface area (Å²) in [5.74, 6) is 0.918. The summed E-state index contributed by atoms with van der Waals surface area (Å²) in [5.41, 5.74) is 1.73. The quantitative estimate of drug-likeness (QED) is 0.704. The van der Waals surface area contributed by atoms with Crippen molar-refractivity contribution >= 4 is 23.6 Å². The molecule has 0 spiro atoms. The van der Waals surface area contributed by atoms with Crippen molar-refractivity contribution in [2.45, 2.75) is 13.5 Å². The van der Waals surface area contributed by atoms with Crippen LogP contribution in [0, 0.1) is 0 Å². The van der Waals surface area contributed by atoms with Crippen LogP contribution in [0.15, 0.2) is 42.7 Å². The zero-order valence-corrected chi connectivity index (χ0v) is 15.3. The number of ether oxygens (including phenoxy) is 2. The summed E-state index contributed by atoms with van der Waals surface area (Å²) in [6, 6.07) is 7.29. The molecule has 1 amide bonds. The second-order valence-electron chi connectivity index (χ2n) is 5.36. The van der Waals surface area contributed by atoms with Crippen LogP contribution in [0.4, 0.5) is 0 Å². The summed E-state index contributed by atoms with van der Waals surface area (Å²) >= 11 is 6.24. The highest BCUT2D eigenvalue weighted by Crippen LogP contribution is 2.36. The predicted molar refractivity (Wildman–Crippen MR) is 98.9 cm³/mol. The van der Waals surface area contributed by atoms with Crippen LogP contribution in [0.1, 0.15) is 18.1 Å². The van der Waals surface area contributed by atoms with Gasteiger partial charge in [0.25, 0.3) is 0 Å². The highest BCUT2D eigenvalue weighted by Gasteiger charge is 2.11. The molecule has 5 nitrogen and oxygen atoms in total. The van der Waals surface area contributed by atoms with E-state index in [4.69, 9.17) is 21.1 Å². The molecule has 0 saturated carbocycles. The summed E-state index contributed by atoms with van der Waals surface area (Å²) in [4.78, 5) is 17.9. The topological polar surface area (TPSA) is 51.7 Å². The van der Waals surface area contributed by atoms with Gasteiger partial charge in [0, 0.05) is 32.1 Å². The zero-order valence-electron chi connectivity index (χ0n) is 14.5. The van der Waals surface area contributed by atoms with Crippen molar-refractivity contribution in [2.24, 2.45) is 0 Å². The first kappa shape index (κ1) is 18.8. The Labute approximate surface area is 152 Å². The van der Waals surface area contributed by atoms with Gasteiger partial charge in [-0.15, -0.1) is 0 Å². The van der Waals surface area contributed by atoms with Crippen molar-refractivity contribution in [3.8, 4) is 11.5 Å². The number of amides is 1. The van der Waals surface area contributed by atoms with E-state index in [1.807, 2.05) is 19.1 Å². The van der Waals surface area contributed by atoms with E-state index in [1.54, 1.807) is 49.7 Å². The SMILES string of the molecule is CCOc1c(Cl)cc(/C=C/C(=O)N(C)Cc2cccnc2)cc1OC. The average Bonchev–Trinajstić information content (AvgIpc) is 2.62. The molecule has 0 fully saturated rings. The van der Waals surface area contributed by atoms with Crippen molar-refractivity contribution < 1.29 is 14.3 Å². The van der Waals surface area contributed by atoms with Crippen LogP contribution in [0.2, 0.25) is 5.02 Å². The molecule has 0 saturated heterocycles. The number of hydrogen-bond acceptors (Lipinski definition) is 4. The number of nitrogens with zero attached hydrogens (tertiary/aromatic N) is 2. The van der Waals surface area contributed by atoms with Crippen LogP contribution in [-0.2, 0) is 11.3 Å². The minimum atomic E-state index is -0.118. The molecule has 132 valence electrons. The van der Waals surface area contributed by atoms with Crippen LogP contribution in [-0.4, -0.2) is 36.6 Å². The first-order valence-corrected chi connectivity index (χ1v) is 8.25. The Morgan fingerprint density at radius 3 is 2.84 bits per heavy atom. The second-order valence-corrected chi connectivity index (χ2v) is 5.76. The third kappa shape index (κ3) is 5.22. The van der Waals surface area contributed by atoms with E-state index in [0.29, 0.717) is 29.7 Å². The van der Waals surface area contributed by atoms with E-state index in [-0.39, 0.29) is 5.91 Å². The molecular formula is C19H21ClN2O3. The van der Waals surface area contributed by atoms with Crippen molar-refractivity contribution in [3.05, 3.63) is 58.9 Å². The van der Waals surface area contributed by atoms with Crippen LogP contribution in [0.5, 0.6) is 11.5 Å². The molecule has 25 heavy (non-hydrogen) atoms. The third-order valence-corrected chi connectivity index (χ3v) is 3.76. The largest absolute Gasteiger partial charge is 0.493 e. The summed E-state index contributed by atoms with van der Waals surface area (Å²) in [6.07, 6.45) is 6.65. The van der Waals surface area contributed by atoms with Gasteiger partial charge in [-0.3, -0.25) is 9.78 Å². The van der Waals surface area contributed by atoms with E-state index in [9.17, 15) is 4.79 Å². The van der Waals surface area contributed by atoms with Gasteiger partial charge in [0.05, 0.1) is 18.7 Å². The summed E-state index contributed by atoms with van der Waals surface area (Å²) in [7, 11) is 3.29. The summed E-state index contributed by atoms with van der Waals surface area (Å²) in [5, 5.41) is 0.442. The third-order valence-electron chi connectivity index (χ3n) is 3.48. The number of carbonyl (C=O) groups excluding carboxylic acids is 1. The smallest absolute Gasteiger partial charge is 0.246 e. The Morgan fingerprint density at radius 2 is 2.20 bits per heavy atom. The molecule has 2 rings (SSSR count). The van der Waals surface area contributed by atoms with Crippen molar-refractivity contribution in [3.63, 3.8) is 0 Å². The maximum Gasteiger partial charge on any atom is 0.246 e. The molecule has 2 aromatic rings. The Hall–Kier alpha value is -2.53. The highest BCUT2D eigenvalue weighted by molar-refractivity contribution is 6.32. The number of benzene rings is 1. The summed E-state index contributed by atoms with van der Waals surface area (Å²) < 4.78 is 10.8. The predicted octanol–water partition coefficient (Wildman–Crippen LogP) is 3.81. The first-order chi connectivity index (χ1) is 12.0. The highest BCUT2D eigenvalue weighted by atomic mass is 35.5. The molecule has 0 bridgehead atoms. The minimum Gasteiger partial charge on any atom is -0.493 e. The molecule has 1 aromatic heterocycles. The molecule has 0 aliphatic carbocycles. The average molecular weight is 361 g/mol. The van der Waals surface area contributed by atoms with Crippen molar-refractivity contribution in [1.82, 2.24) is 9.88 Å². The van der Waals surface area contributed by atoms with E-state index >= 15 is 0 Å². The van der Waals surface area contributed by atoms with Gasteiger partial charge in [-0.2, -0.15) is 0 Å². The number of carbonyl (C=O) groups is 1. The normalized spacial score (nSPS) is 10.7. The van der Waals surface area contributed by atoms with E-state index in [2.05, 4.69) is 4.98 Å². The van der Waals surface area contributed by atoms with E-state index < -0.39 is 0 Å². The van der Waals surface area contributed by atoms with Gasteiger partial charge in [0.15, 0.2) is 11.5 Å². The number of aromatic nitrogens is 1. The van der Waals surface area contributed by atoms with Gasteiger partial charge in [-0.25, -0.2) is 0 Å². The van der Waals surface area contributed by atoms with Gasteiger partial charge in [0.1, 0.15) is 0 Å². The Morgan fingerprint density at radius 1 is 1.40 bits per heavy atom. The van der Waals surface area contributed by atoms with E-state index in [1.165, 1.54) is 6.08 Å². The molecule has 1 aromatic carbocycles. The molecule has 0 unspecified atom stereocenters. The minimum absolute atomic E-state index is 0.118. The number of likely N-dealkylation sites (N-methyl/N-ethyl adjacent to an activating group) is 1. The zero-order chi connectivity index (χ0) is 18.2. The van der Waals surface area contributed by atoms with Gasteiger partial charge in [-0.1, -0.05) is 17.7 Å². The monoisotopic (exact) mass is 360 g/mol. The van der Waals surface area contributed by atoms with Gasteiger partial charge in [0.2, 0.25) is 5.91 Å². The molecule has 0 radical (unpaired) electrons. The van der Waals surface area contributed by atoms with Crippen molar-refractivity contribution in [2.75, 3.05) is 20.8 Å². The molecule has 1 heterocycles. The molecule has 0 atom stereocenters. The number of methoxy groups -OCH3 is 1. The summed E-state index contributed by atoms with van der Waals surface area (Å²) in [6.45, 7) is 2.85. The lowest BCUT2D eigenvalue weighted by Gasteiger charge is -2.15. The Balaban J connectivity index is 2.10. The number of pyridine rings is 1. The Kier molecular flexibility index (Phi) is 6.83. The fourth-order valence-electron chi connectivity index (χ4n) is 2.26. The lowest BCUT2D eigenvalue weighted by molar-refractivity contribution is -0.125. The van der Waals surface area contributed by atoms with Gasteiger partial charge >= 0.3 is 0 Å². The molecular weight excluding hydrogens is 340 g/mol. The fourth-order valence-corrected chi connectivity index (χ4v) is 2.53. The number of hydrogen-bond donors (Lipinski definition) is 0. The standard InChI is InChI=1S/C19H21ClN2O3/c1-4-25-19-16(20)10-14(11-17(19)24-3)7-8-18(23)22(2)13-15-6-5-9-21-12-15/h5-12H,4,13H2,1-3H3/b8-7+. The van der Waals surface area contributed by atoms with Crippen LogP contribution < -0.4 is 9.47 Å². The van der Waals surface area contributed by atoms with Crippen molar-refractivity contribution in [1.29, 1.82) is 0 Å². The van der Waals surface area contributed by atoms with Crippen LogP contribution in [0.25, 0.3) is 6.08 Å². The van der Waals surface area contributed by atoms with Crippen LogP contribution in [0.3, 0.4) is 0 Å². The Bertz CT molecular complexity index is 748. The van der Waals surface area contributed by atoms with Gasteiger partial charge < -0.3 is 14.4 Å². The second kappa shape index (κ2) is 9.08. The molecule has 0 aliphatic heterocycles. The molecule has 0 aliphatic rings. The number of halogens is 1. The van der Waals surface area contributed by atoms with Gasteiger partial charge in [-0.05, 0) is 42.3 Å². The fraction of sp³-hybridized carbons (Fsp3) is 0.263. The maximum atomic E-state index is 12.3. The maximum absolute atomic E-state index is 12.3. The number of rotatable bonds is 7. The molecule has 6 heteroatoms. The lowest BCUT2D eigenvalue weighted by atomic mass is 10.1. The van der Waals surface area contributed by atoms with Crippen LogP contribution >= 0.6 is 11.6 Å².